The predicted molar refractivity (Wildman–Crippen MR) is 100 cm³/mol. The monoisotopic (exact) mass is 362 g/mol. The van der Waals surface area contributed by atoms with Crippen molar-refractivity contribution in [3.8, 4) is 0 Å². The number of anilines is 1. The van der Waals surface area contributed by atoms with Gasteiger partial charge in [0.05, 0.1) is 17.8 Å². The summed E-state index contributed by atoms with van der Waals surface area (Å²) in [6.07, 6.45) is 9.74. The summed E-state index contributed by atoms with van der Waals surface area (Å²) in [4.78, 5) is 15.0. The molecule has 0 saturated heterocycles. The van der Waals surface area contributed by atoms with E-state index in [0.717, 1.165) is 31.4 Å². The highest BCUT2D eigenvalue weighted by Crippen LogP contribution is 2.42. The van der Waals surface area contributed by atoms with Gasteiger partial charge in [0.15, 0.2) is 0 Å². The van der Waals surface area contributed by atoms with Crippen molar-refractivity contribution in [1.82, 2.24) is 4.90 Å². The van der Waals surface area contributed by atoms with Crippen LogP contribution in [0.25, 0.3) is 0 Å². The highest BCUT2D eigenvalue weighted by atomic mass is 35.5. The maximum absolute atomic E-state index is 13.0. The van der Waals surface area contributed by atoms with Crippen LogP contribution >= 0.6 is 11.6 Å². The van der Waals surface area contributed by atoms with E-state index in [1.807, 2.05) is 17.0 Å². The molecule has 25 heavy (non-hydrogen) atoms. The molecule has 1 N–H and O–H groups in total. The SMILES string of the molecule is CCN1C(=O)c2cc(Cl)ccc2NC12CCC(OC1CCCC1)CC2. The van der Waals surface area contributed by atoms with E-state index in [4.69, 9.17) is 16.3 Å². The van der Waals surface area contributed by atoms with Crippen LogP contribution in [0, 0.1) is 0 Å². The Morgan fingerprint density at radius 1 is 1.20 bits per heavy atom. The largest absolute Gasteiger partial charge is 0.375 e. The van der Waals surface area contributed by atoms with Gasteiger partial charge in [0.2, 0.25) is 0 Å². The maximum Gasteiger partial charge on any atom is 0.257 e. The van der Waals surface area contributed by atoms with E-state index in [-0.39, 0.29) is 11.6 Å². The van der Waals surface area contributed by atoms with Crippen LogP contribution in [-0.4, -0.2) is 35.2 Å². The molecular formula is C20H27ClN2O2. The van der Waals surface area contributed by atoms with Crippen LogP contribution in [0.3, 0.4) is 0 Å². The summed E-state index contributed by atoms with van der Waals surface area (Å²) in [5.74, 6) is 0.0916. The van der Waals surface area contributed by atoms with Crippen molar-refractivity contribution in [3.63, 3.8) is 0 Å². The Labute approximate surface area is 154 Å². The van der Waals surface area contributed by atoms with Crippen molar-refractivity contribution < 1.29 is 9.53 Å². The van der Waals surface area contributed by atoms with Gasteiger partial charge in [-0.15, -0.1) is 0 Å². The van der Waals surface area contributed by atoms with E-state index >= 15 is 0 Å². The van der Waals surface area contributed by atoms with Gasteiger partial charge in [-0.25, -0.2) is 0 Å². The Hall–Kier alpha value is -1.26. The number of rotatable bonds is 3. The van der Waals surface area contributed by atoms with Gasteiger partial charge in [-0.3, -0.25) is 4.79 Å². The Balaban J connectivity index is 1.51. The number of fused-ring (bicyclic) bond motifs is 1. The highest BCUT2D eigenvalue weighted by molar-refractivity contribution is 6.31. The number of hydrogen-bond donors (Lipinski definition) is 1. The van der Waals surface area contributed by atoms with Gasteiger partial charge >= 0.3 is 0 Å². The summed E-state index contributed by atoms with van der Waals surface area (Å²) in [5, 5.41) is 4.28. The van der Waals surface area contributed by atoms with E-state index < -0.39 is 0 Å². The quantitative estimate of drug-likeness (QED) is 0.837. The minimum atomic E-state index is -0.276. The van der Waals surface area contributed by atoms with Crippen molar-refractivity contribution in [1.29, 1.82) is 0 Å². The molecule has 4 rings (SSSR count). The normalized spacial score (nSPS) is 29.8. The number of nitrogens with zero attached hydrogens (tertiary/aromatic N) is 1. The number of amides is 1. The first-order chi connectivity index (χ1) is 12.1. The summed E-state index contributed by atoms with van der Waals surface area (Å²) >= 11 is 6.10. The second-order valence-corrected chi connectivity index (χ2v) is 8.07. The van der Waals surface area contributed by atoms with E-state index in [9.17, 15) is 4.79 Å². The van der Waals surface area contributed by atoms with Crippen molar-refractivity contribution >= 4 is 23.2 Å². The molecule has 0 unspecified atom stereocenters. The fourth-order valence-electron chi connectivity index (χ4n) is 4.80. The zero-order chi connectivity index (χ0) is 17.4. The molecule has 136 valence electrons. The summed E-state index contributed by atoms with van der Waals surface area (Å²) in [7, 11) is 0. The van der Waals surface area contributed by atoms with Crippen LogP contribution in [0.15, 0.2) is 18.2 Å². The first-order valence-corrected chi connectivity index (χ1v) is 10.0. The molecule has 0 bridgehead atoms. The third-order valence-corrected chi connectivity index (χ3v) is 6.34. The summed E-state index contributed by atoms with van der Waals surface area (Å²) in [6.45, 7) is 2.75. The van der Waals surface area contributed by atoms with E-state index in [2.05, 4.69) is 12.2 Å². The Kier molecular flexibility index (Phi) is 4.67. The third kappa shape index (κ3) is 3.15. The van der Waals surface area contributed by atoms with Gasteiger partial charge in [-0.1, -0.05) is 24.4 Å². The van der Waals surface area contributed by atoms with Crippen molar-refractivity contribution in [3.05, 3.63) is 28.8 Å². The second-order valence-electron chi connectivity index (χ2n) is 7.64. The molecular weight excluding hydrogens is 336 g/mol. The van der Waals surface area contributed by atoms with E-state index in [0.29, 0.717) is 29.3 Å². The summed E-state index contributed by atoms with van der Waals surface area (Å²) < 4.78 is 6.32. The average Bonchev–Trinajstić information content (AvgIpc) is 3.11. The standard InChI is InChI=1S/C20H27ClN2O2/c1-2-23-19(24)17-13-14(21)7-8-18(17)22-20(23)11-9-16(10-12-20)25-15-5-3-4-6-15/h7-8,13,15-16,22H,2-6,9-12H2,1H3. The van der Waals surface area contributed by atoms with Gasteiger partial charge in [0.25, 0.3) is 5.91 Å². The fourth-order valence-corrected chi connectivity index (χ4v) is 4.98. The molecule has 1 aromatic carbocycles. The zero-order valence-corrected chi connectivity index (χ0v) is 15.6. The molecule has 2 aliphatic carbocycles. The van der Waals surface area contributed by atoms with Crippen LogP contribution in [0.4, 0.5) is 5.69 Å². The molecule has 3 aliphatic rings. The number of ether oxygens (including phenoxy) is 1. The molecule has 2 saturated carbocycles. The second kappa shape index (κ2) is 6.81. The number of benzene rings is 1. The first kappa shape index (κ1) is 17.2. The van der Waals surface area contributed by atoms with Crippen LogP contribution in [-0.2, 0) is 4.74 Å². The van der Waals surface area contributed by atoms with Gasteiger partial charge in [0, 0.05) is 17.3 Å². The molecule has 0 atom stereocenters. The number of halogens is 1. The van der Waals surface area contributed by atoms with Crippen molar-refractivity contribution in [2.45, 2.75) is 76.2 Å². The van der Waals surface area contributed by atoms with Gasteiger partial charge in [0.1, 0.15) is 5.66 Å². The zero-order valence-electron chi connectivity index (χ0n) is 14.9. The van der Waals surface area contributed by atoms with Crippen LogP contribution in [0.5, 0.6) is 0 Å². The molecule has 4 nitrogen and oxygen atoms in total. The molecule has 1 amide bonds. The summed E-state index contributed by atoms with van der Waals surface area (Å²) in [5.41, 5.74) is 1.32. The first-order valence-electron chi connectivity index (χ1n) is 9.66. The van der Waals surface area contributed by atoms with Crippen molar-refractivity contribution in [2.24, 2.45) is 0 Å². The molecule has 1 spiro atoms. The average molecular weight is 363 g/mol. The lowest BCUT2D eigenvalue weighted by atomic mass is 9.83. The minimum Gasteiger partial charge on any atom is -0.375 e. The lowest BCUT2D eigenvalue weighted by Crippen LogP contribution is -2.61. The predicted octanol–water partition coefficient (Wildman–Crippen LogP) is 4.83. The molecule has 2 fully saturated rings. The van der Waals surface area contributed by atoms with Gasteiger partial charge in [-0.05, 0) is 63.6 Å². The highest BCUT2D eigenvalue weighted by Gasteiger charge is 2.46. The lowest BCUT2D eigenvalue weighted by Gasteiger charge is -2.51. The van der Waals surface area contributed by atoms with Crippen molar-refractivity contribution in [2.75, 3.05) is 11.9 Å². The number of carbonyl (C=O) groups excluding carboxylic acids is 1. The van der Waals surface area contributed by atoms with E-state index in [1.54, 1.807) is 6.07 Å². The Morgan fingerprint density at radius 2 is 1.88 bits per heavy atom. The smallest absolute Gasteiger partial charge is 0.257 e. The molecule has 1 aliphatic heterocycles. The molecule has 1 aromatic rings. The molecule has 0 radical (unpaired) electrons. The lowest BCUT2D eigenvalue weighted by molar-refractivity contribution is -0.0501. The third-order valence-electron chi connectivity index (χ3n) is 6.10. The van der Waals surface area contributed by atoms with Crippen LogP contribution in [0.2, 0.25) is 5.02 Å². The molecule has 0 aromatic heterocycles. The number of hydrogen-bond acceptors (Lipinski definition) is 3. The number of carbonyl (C=O) groups is 1. The summed E-state index contributed by atoms with van der Waals surface area (Å²) in [6, 6.07) is 5.56. The minimum absolute atomic E-state index is 0.0916. The molecule has 5 heteroatoms. The topological polar surface area (TPSA) is 41.6 Å². The molecule has 1 heterocycles. The van der Waals surface area contributed by atoms with Crippen LogP contribution < -0.4 is 5.32 Å². The van der Waals surface area contributed by atoms with E-state index in [1.165, 1.54) is 25.7 Å². The Morgan fingerprint density at radius 3 is 2.56 bits per heavy atom. The van der Waals surface area contributed by atoms with Crippen LogP contribution in [0.1, 0.15) is 68.6 Å². The van der Waals surface area contributed by atoms with Gasteiger partial charge in [-0.2, -0.15) is 0 Å². The van der Waals surface area contributed by atoms with Gasteiger partial charge < -0.3 is 15.0 Å². The Bertz CT molecular complexity index is 649. The number of nitrogens with one attached hydrogen (secondary N) is 1. The fraction of sp³-hybridized carbons (Fsp3) is 0.650. The maximum atomic E-state index is 13.0.